The van der Waals surface area contributed by atoms with Crippen LogP contribution in [0.3, 0.4) is 0 Å². The molecule has 0 bridgehead atoms. The Bertz CT molecular complexity index is 508. The number of aliphatic carboxylic acids is 1. The first-order chi connectivity index (χ1) is 10.1. The first kappa shape index (κ1) is 19.7. The maximum absolute atomic E-state index is 11.4. The summed E-state index contributed by atoms with van der Waals surface area (Å²) in [7, 11) is 1.51. The molecular weight excluding hydrogens is 309 g/mol. The molecule has 1 aromatic carbocycles. The minimum Gasteiger partial charge on any atom is -0.495 e. The second kappa shape index (κ2) is 8.85. The molecule has 0 spiro atoms. The van der Waals surface area contributed by atoms with Crippen molar-refractivity contribution in [3.8, 4) is 5.75 Å². The van der Waals surface area contributed by atoms with Crippen molar-refractivity contribution in [3.05, 3.63) is 24.3 Å². The average Bonchev–Trinajstić information content (AvgIpc) is 2.46. The Kier molecular flexibility index (Phi) is 7.91. The Balaban J connectivity index is 0.000000534. The van der Waals surface area contributed by atoms with Gasteiger partial charge in [0.25, 0.3) is 0 Å². The summed E-state index contributed by atoms with van der Waals surface area (Å²) in [4.78, 5) is 20.3. The average molecular weight is 324 g/mol. The van der Waals surface area contributed by atoms with Crippen LogP contribution >= 0.6 is 0 Å². The quantitative estimate of drug-likeness (QED) is 0.643. The zero-order valence-electron chi connectivity index (χ0n) is 11.4. The molecule has 0 aliphatic rings. The Labute approximate surface area is 123 Å². The van der Waals surface area contributed by atoms with Crippen LogP contribution in [0.2, 0.25) is 0 Å². The number of carbonyl (C=O) groups is 2. The van der Waals surface area contributed by atoms with Crippen molar-refractivity contribution in [3.63, 3.8) is 0 Å². The molecule has 5 N–H and O–H groups in total. The van der Waals surface area contributed by atoms with Gasteiger partial charge in [-0.15, -0.1) is 0 Å². The number of hydrogen-bond acceptors (Lipinski definition) is 5. The number of amides is 1. The first-order valence-corrected chi connectivity index (χ1v) is 5.74. The number of benzene rings is 1. The molecule has 124 valence electrons. The Morgan fingerprint density at radius 2 is 1.86 bits per heavy atom. The highest BCUT2D eigenvalue weighted by atomic mass is 19.4. The van der Waals surface area contributed by atoms with E-state index in [1.807, 2.05) is 0 Å². The van der Waals surface area contributed by atoms with Crippen molar-refractivity contribution in [1.29, 1.82) is 0 Å². The second-order valence-corrected chi connectivity index (χ2v) is 3.78. The van der Waals surface area contributed by atoms with Crippen LogP contribution in [0, 0.1) is 0 Å². The molecule has 7 nitrogen and oxygen atoms in total. The topological polar surface area (TPSA) is 122 Å². The van der Waals surface area contributed by atoms with Crippen LogP contribution in [0.1, 0.15) is 0 Å². The number of carboxylic acid groups (broad SMARTS) is 1. The lowest BCUT2D eigenvalue weighted by Crippen LogP contribution is -2.38. The van der Waals surface area contributed by atoms with Gasteiger partial charge in [-0.3, -0.25) is 4.79 Å². The minimum atomic E-state index is -5.08. The number of anilines is 1. The molecule has 1 rings (SSSR count). The minimum absolute atomic E-state index is 0.388. The highest BCUT2D eigenvalue weighted by Gasteiger charge is 2.38. The van der Waals surface area contributed by atoms with E-state index in [1.54, 1.807) is 24.3 Å². The summed E-state index contributed by atoms with van der Waals surface area (Å²) in [5.74, 6) is -2.65. The first-order valence-electron chi connectivity index (χ1n) is 5.74. The van der Waals surface area contributed by atoms with E-state index in [2.05, 4.69) is 5.32 Å². The number of nitrogens with one attached hydrogen (secondary N) is 1. The fourth-order valence-corrected chi connectivity index (χ4v) is 1.06. The van der Waals surface area contributed by atoms with Crippen molar-refractivity contribution in [2.45, 2.75) is 12.2 Å². The monoisotopic (exact) mass is 324 g/mol. The number of carbonyl (C=O) groups excluding carboxylic acids is 1. The van der Waals surface area contributed by atoms with Crippen LogP contribution in [-0.4, -0.2) is 48.0 Å². The highest BCUT2D eigenvalue weighted by molar-refractivity contribution is 5.95. The van der Waals surface area contributed by atoms with Gasteiger partial charge in [0.15, 0.2) is 0 Å². The van der Waals surface area contributed by atoms with E-state index in [4.69, 9.17) is 25.5 Å². The number of hydrogen-bond donors (Lipinski definition) is 4. The number of ether oxygens (including phenoxy) is 1. The molecule has 1 atom stereocenters. The second-order valence-electron chi connectivity index (χ2n) is 3.78. The van der Waals surface area contributed by atoms with Gasteiger partial charge in [-0.25, -0.2) is 4.79 Å². The number of rotatable bonds is 4. The van der Waals surface area contributed by atoms with Gasteiger partial charge in [0, 0.05) is 0 Å². The maximum atomic E-state index is 11.4. The fourth-order valence-electron chi connectivity index (χ4n) is 1.06. The Morgan fingerprint density at radius 3 is 2.27 bits per heavy atom. The molecule has 10 heteroatoms. The molecule has 0 aliphatic heterocycles. The van der Waals surface area contributed by atoms with Crippen LogP contribution in [0.25, 0.3) is 0 Å². The van der Waals surface area contributed by atoms with Crippen molar-refractivity contribution in [1.82, 2.24) is 0 Å². The molecule has 22 heavy (non-hydrogen) atoms. The van der Waals surface area contributed by atoms with E-state index < -0.39 is 24.1 Å². The number of alkyl halides is 3. The van der Waals surface area contributed by atoms with Gasteiger partial charge in [0.2, 0.25) is 5.91 Å². The summed E-state index contributed by atoms with van der Waals surface area (Å²) < 4.78 is 36.8. The van der Waals surface area contributed by atoms with Crippen molar-refractivity contribution in [2.75, 3.05) is 19.0 Å². The number of aliphatic hydroxyl groups is 1. The third-order valence-corrected chi connectivity index (χ3v) is 2.14. The summed E-state index contributed by atoms with van der Waals surface area (Å²) >= 11 is 0. The van der Waals surface area contributed by atoms with Gasteiger partial charge in [-0.05, 0) is 12.1 Å². The molecule has 0 radical (unpaired) electrons. The molecule has 1 unspecified atom stereocenters. The van der Waals surface area contributed by atoms with Gasteiger partial charge < -0.3 is 26.0 Å². The van der Waals surface area contributed by atoms with Gasteiger partial charge >= 0.3 is 12.1 Å². The Morgan fingerprint density at radius 1 is 1.36 bits per heavy atom. The smallest absolute Gasteiger partial charge is 0.490 e. The van der Waals surface area contributed by atoms with Crippen LogP contribution < -0.4 is 15.8 Å². The van der Waals surface area contributed by atoms with Crippen LogP contribution in [0.15, 0.2) is 24.3 Å². The molecule has 0 aromatic heterocycles. The highest BCUT2D eigenvalue weighted by Crippen LogP contribution is 2.22. The summed E-state index contributed by atoms with van der Waals surface area (Å²) in [6, 6.07) is 6.05. The molecular formula is C12H15F3N2O5. The zero-order valence-corrected chi connectivity index (χ0v) is 11.4. The van der Waals surface area contributed by atoms with Crippen LogP contribution in [0.4, 0.5) is 18.9 Å². The summed E-state index contributed by atoms with van der Waals surface area (Å²) in [6.45, 7) is -0.388. The molecule has 1 aromatic rings. The predicted molar refractivity (Wildman–Crippen MR) is 70.4 cm³/mol. The van der Waals surface area contributed by atoms with E-state index in [0.29, 0.717) is 11.4 Å². The molecule has 0 heterocycles. The number of aliphatic hydroxyl groups excluding tert-OH is 1. The molecule has 0 aliphatic carbocycles. The van der Waals surface area contributed by atoms with Crippen molar-refractivity contribution < 1.29 is 37.7 Å². The third-order valence-electron chi connectivity index (χ3n) is 2.14. The molecule has 0 fully saturated rings. The van der Waals surface area contributed by atoms with Gasteiger partial charge in [-0.2, -0.15) is 13.2 Å². The normalized spacial score (nSPS) is 11.7. The number of nitrogens with two attached hydrogens (primary N) is 1. The van der Waals surface area contributed by atoms with E-state index >= 15 is 0 Å². The van der Waals surface area contributed by atoms with Gasteiger partial charge in [0.1, 0.15) is 11.8 Å². The zero-order chi connectivity index (χ0) is 17.3. The van der Waals surface area contributed by atoms with E-state index in [1.165, 1.54) is 7.11 Å². The van der Waals surface area contributed by atoms with E-state index in [0.717, 1.165) is 0 Å². The molecule has 0 saturated carbocycles. The van der Waals surface area contributed by atoms with Crippen molar-refractivity contribution >= 4 is 17.6 Å². The molecule has 1 amide bonds. The third kappa shape index (κ3) is 6.90. The Hall–Kier alpha value is -2.33. The van der Waals surface area contributed by atoms with Crippen LogP contribution in [0.5, 0.6) is 5.75 Å². The number of halogens is 3. The summed E-state index contributed by atoms with van der Waals surface area (Å²) in [5.41, 5.74) is 5.89. The number of para-hydroxylation sites is 2. The SMILES string of the molecule is COc1ccccc1NC(=O)C(N)CO.O=C(O)C(F)(F)F. The summed E-state index contributed by atoms with van der Waals surface area (Å²) in [5, 5.41) is 18.4. The maximum Gasteiger partial charge on any atom is 0.490 e. The number of methoxy groups -OCH3 is 1. The van der Waals surface area contributed by atoms with Crippen LogP contribution in [-0.2, 0) is 9.59 Å². The molecule has 0 saturated heterocycles. The van der Waals surface area contributed by atoms with Gasteiger partial charge in [-0.1, -0.05) is 12.1 Å². The lowest BCUT2D eigenvalue weighted by molar-refractivity contribution is -0.192. The summed E-state index contributed by atoms with van der Waals surface area (Å²) in [6.07, 6.45) is -5.08. The number of carboxylic acids is 1. The van der Waals surface area contributed by atoms with E-state index in [9.17, 15) is 18.0 Å². The van der Waals surface area contributed by atoms with Crippen molar-refractivity contribution in [2.24, 2.45) is 5.73 Å². The lowest BCUT2D eigenvalue weighted by atomic mass is 10.2. The van der Waals surface area contributed by atoms with E-state index in [-0.39, 0.29) is 6.61 Å². The standard InChI is InChI=1S/C10H14N2O3.C2HF3O2/c1-15-9-5-3-2-4-8(9)12-10(14)7(11)6-13;3-2(4,5)1(6)7/h2-5,7,13H,6,11H2,1H3,(H,12,14);(H,6,7). The fraction of sp³-hybridized carbons (Fsp3) is 0.333. The largest absolute Gasteiger partial charge is 0.495 e. The predicted octanol–water partition coefficient (Wildman–Crippen LogP) is 0.587. The van der Waals surface area contributed by atoms with Gasteiger partial charge in [0.05, 0.1) is 19.4 Å². The lowest BCUT2D eigenvalue weighted by Gasteiger charge is -2.12.